The predicted octanol–water partition coefficient (Wildman–Crippen LogP) is -0.0173. The van der Waals surface area contributed by atoms with Gasteiger partial charge in [-0.05, 0) is 17.7 Å². The minimum atomic E-state index is -3.37. The Balaban J connectivity index is 2.41. The van der Waals surface area contributed by atoms with Crippen LogP contribution in [-0.4, -0.2) is 43.5 Å². The predicted molar refractivity (Wildman–Crippen MR) is 75.7 cm³/mol. The van der Waals surface area contributed by atoms with E-state index < -0.39 is 21.7 Å². The number of carboxylic acid groups (broad SMARTS) is 1. The van der Waals surface area contributed by atoms with Crippen molar-refractivity contribution in [1.29, 1.82) is 0 Å². The van der Waals surface area contributed by atoms with E-state index in [4.69, 9.17) is 15.6 Å². The fourth-order valence-electron chi connectivity index (χ4n) is 1.52. The molecule has 7 nitrogen and oxygen atoms in total. The van der Waals surface area contributed by atoms with Gasteiger partial charge in [-0.25, -0.2) is 8.42 Å². The third kappa shape index (κ3) is 7.31. The first-order chi connectivity index (χ1) is 9.78. The van der Waals surface area contributed by atoms with Gasteiger partial charge in [0.1, 0.15) is 12.4 Å². The van der Waals surface area contributed by atoms with E-state index in [-0.39, 0.29) is 31.0 Å². The molecule has 0 unspecified atom stereocenters. The van der Waals surface area contributed by atoms with Crippen LogP contribution in [0.5, 0.6) is 5.75 Å². The zero-order valence-corrected chi connectivity index (χ0v) is 12.1. The lowest BCUT2D eigenvalue weighted by atomic mass is 10.1. The largest absolute Gasteiger partial charge is 0.493 e. The highest BCUT2D eigenvalue weighted by atomic mass is 32.2. The molecule has 0 aliphatic carbocycles. The van der Waals surface area contributed by atoms with Crippen molar-refractivity contribution >= 4 is 21.7 Å². The molecule has 1 rings (SSSR count). The molecule has 0 bridgehead atoms. The Bertz CT molecular complexity index is 594. The molecule has 1 aromatic carbocycles. The lowest BCUT2D eigenvalue weighted by Crippen LogP contribution is -2.21. The zero-order chi connectivity index (χ0) is 15.9. The number of hydrogen-bond acceptors (Lipinski definition) is 5. The van der Waals surface area contributed by atoms with Crippen molar-refractivity contribution in [2.45, 2.75) is 12.8 Å². The zero-order valence-electron chi connectivity index (χ0n) is 11.3. The van der Waals surface area contributed by atoms with E-state index in [0.29, 0.717) is 11.3 Å². The highest BCUT2D eigenvalue weighted by molar-refractivity contribution is 7.91. The summed E-state index contributed by atoms with van der Waals surface area (Å²) in [5.74, 6) is -1.63. The normalized spacial score (nSPS) is 11.0. The van der Waals surface area contributed by atoms with Crippen molar-refractivity contribution in [3.05, 3.63) is 29.8 Å². The van der Waals surface area contributed by atoms with Gasteiger partial charge >= 0.3 is 5.97 Å². The molecule has 116 valence electrons. The van der Waals surface area contributed by atoms with Crippen LogP contribution < -0.4 is 10.5 Å². The summed E-state index contributed by atoms with van der Waals surface area (Å²) >= 11 is 0. The fraction of sp³-hybridized carbons (Fsp3) is 0.385. The van der Waals surface area contributed by atoms with E-state index in [2.05, 4.69) is 0 Å². The molecular weight excluding hydrogens is 298 g/mol. The number of primary amides is 1. The average molecular weight is 315 g/mol. The van der Waals surface area contributed by atoms with Gasteiger partial charge in [-0.1, -0.05) is 12.1 Å². The van der Waals surface area contributed by atoms with Crippen molar-refractivity contribution in [3.8, 4) is 5.75 Å². The molecule has 0 spiro atoms. The molecule has 0 atom stereocenters. The Morgan fingerprint density at radius 3 is 2.29 bits per heavy atom. The van der Waals surface area contributed by atoms with Crippen LogP contribution in [-0.2, 0) is 25.8 Å². The molecule has 21 heavy (non-hydrogen) atoms. The van der Waals surface area contributed by atoms with Crippen molar-refractivity contribution in [1.82, 2.24) is 0 Å². The average Bonchev–Trinajstić information content (AvgIpc) is 2.38. The van der Waals surface area contributed by atoms with Gasteiger partial charge in [-0.3, -0.25) is 9.59 Å². The summed E-state index contributed by atoms with van der Waals surface area (Å²) in [5, 5.41) is 8.63. The van der Waals surface area contributed by atoms with E-state index in [1.54, 1.807) is 24.3 Å². The molecule has 1 amide bonds. The number of nitrogens with two attached hydrogens (primary N) is 1. The molecule has 0 aliphatic rings. The third-order valence-corrected chi connectivity index (χ3v) is 4.22. The smallest absolute Gasteiger partial charge is 0.307 e. The molecule has 0 aliphatic heterocycles. The summed E-state index contributed by atoms with van der Waals surface area (Å²) in [4.78, 5) is 21.0. The van der Waals surface area contributed by atoms with Crippen LogP contribution in [0.2, 0.25) is 0 Å². The monoisotopic (exact) mass is 315 g/mol. The van der Waals surface area contributed by atoms with E-state index in [9.17, 15) is 18.0 Å². The molecule has 0 aromatic heterocycles. The van der Waals surface area contributed by atoms with Crippen LogP contribution in [0.1, 0.15) is 12.0 Å². The van der Waals surface area contributed by atoms with Gasteiger partial charge in [0.05, 0.1) is 17.9 Å². The molecule has 8 heteroatoms. The minimum Gasteiger partial charge on any atom is -0.493 e. The van der Waals surface area contributed by atoms with Gasteiger partial charge in [0.25, 0.3) is 0 Å². The minimum absolute atomic E-state index is 0.0423. The Morgan fingerprint density at radius 1 is 1.14 bits per heavy atom. The maximum Gasteiger partial charge on any atom is 0.307 e. The molecule has 1 aromatic rings. The third-order valence-electron chi connectivity index (χ3n) is 2.60. The quantitative estimate of drug-likeness (QED) is 0.660. The number of aliphatic carboxylic acids is 1. The van der Waals surface area contributed by atoms with Gasteiger partial charge < -0.3 is 15.6 Å². The first-order valence-electron chi connectivity index (χ1n) is 6.21. The van der Waals surface area contributed by atoms with Crippen LogP contribution in [0, 0.1) is 0 Å². The van der Waals surface area contributed by atoms with Crippen LogP contribution in [0.25, 0.3) is 0 Å². The topological polar surface area (TPSA) is 124 Å². The lowest BCUT2D eigenvalue weighted by Gasteiger charge is -2.07. The van der Waals surface area contributed by atoms with Gasteiger partial charge in [-0.15, -0.1) is 0 Å². The molecule has 3 N–H and O–H groups in total. The molecule has 0 saturated heterocycles. The van der Waals surface area contributed by atoms with E-state index >= 15 is 0 Å². The summed E-state index contributed by atoms with van der Waals surface area (Å²) in [6.45, 7) is -0.0423. The van der Waals surface area contributed by atoms with Crippen LogP contribution in [0.4, 0.5) is 0 Å². The Kier molecular flexibility index (Phi) is 6.16. The second-order valence-corrected chi connectivity index (χ2v) is 6.73. The maximum absolute atomic E-state index is 11.5. The fourth-order valence-corrected chi connectivity index (χ4v) is 2.58. The van der Waals surface area contributed by atoms with Crippen LogP contribution in [0.3, 0.4) is 0 Å². The van der Waals surface area contributed by atoms with E-state index in [1.165, 1.54) is 0 Å². The molecule has 0 heterocycles. The second kappa shape index (κ2) is 7.63. The number of ether oxygens (including phenoxy) is 1. The first kappa shape index (κ1) is 17.0. The maximum atomic E-state index is 11.5. The SMILES string of the molecule is NC(=O)CCS(=O)(=O)CCOc1ccc(CC(=O)O)cc1. The number of amides is 1. The van der Waals surface area contributed by atoms with Crippen molar-refractivity contribution in [2.75, 3.05) is 18.1 Å². The number of rotatable bonds is 9. The number of sulfone groups is 1. The van der Waals surface area contributed by atoms with E-state index in [0.717, 1.165) is 0 Å². The number of benzene rings is 1. The Hall–Kier alpha value is -2.09. The number of carbonyl (C=O) groups excluding carboxylic acids is 1. The number of carboxylic acids is 1. The Morgan fingerprint density at radius 2 is 1.76 bits per heavy atom. The summed E-state index contributed by atoms with van der Waals surface area (Å²) in [5.41, 5.74) is 5.52. The van der Waals surface area contributed by atoms with E-state index in [1.807, 2.05) is 0 Å². The van der Waals surface area contributed by atoms with Gasteiger partial charge in [0.2, 0.25) is 5.91 Å². The second-order valence-electron chi connectivity index (χ2n) is 4.43. The van der Waals surface area contributed by atoms with Crippen LogP contribution in [0.15, 0.2) is 24.3 Å². The number of hydrogen-bond donors (Lipinski definition) is 2. The Labute approximate surface area is 122 Å². The van der Waals surface area contributed by atoms with Crippen molar-refractivity contribution in [2.24, 2.45) is 5.73 Å². The summed E-state index contributed by atoms with van der Waals surface area (Å²) < 4.78 is 28.4. The summed E-state index contributed by atoms with van der Waals surface area (Å²) in [6, 6.07) is 6.36. The van der Waals surface area contributed by atoms with Crippen LogP contribution >= 0.6 is 0 Å². The van der Waals surface area contributed by atoms with Gasteiger partial charge in [0.15, 0.2) is 9.84 Å². The highest BCUT2D eigenvalue weighted by Crippen LogP contribution is 2.12. The summed E-state index contributed by atoms with van der Waals surface area (Å²) in [7, 11) is -3.37. The van der Waals surface area contributed by atoms with Gasteiger partial charge in [0, 0.05) is 6.42 Å². The van der Waals surface area contributed by atoms with Crippen molar-refractivity contribution in [3.63, 3.8) is 0 Å². The standard InChI is InChI=1S/C13H17NO6S/c14-12(15)5-7-21(18,19)8-6-20-11-3-1-10(2-4-11)9-13(16)17/h1-4H,5-9H2,(H2,14,15)(H,16,17). The molecule has 0 radical (unpaired) electrons. The molecule has 0 saturated carbocycles. The molecule has 0 fully saturated rings. The number of carbonyl (C=O) groups is 2. The first-order valence-corrected chi connectivity index (χ1v) is 8.03. The molecular formula is C13H17NO6S. The van der Waals surface area contributed by atoms with Gasteiger partial charge in [-0.2, -0.15) is 0 Å². The highest BCUT2D eigenvalue weighted by Gasteiger charge is 2.12. The lowest BCUT2D eigenvalue weighted by molar-refractivity contribution is -0.136. The summed E-state index contributed by atoms with van der Waals surface area (Å²) in [6.07, 6.45) is -0.284. The van der Waals surface area contributed by atoms with Crippen molar-refractivity contribution < 1.29 is 27.9 Å².